The minimum absolute atomic E-state index is 0.340. The molecule has 166 valence electrons. The zero-order valence-electron chi connectivity index (χ0n) is 16.9. The lowest BCUT2D eigenvalue weighted by Crippen LogP contribution is -2.52. The number of alkyl halides is 3. The van der Waals surface area contributed by atoms with E-state index in [1.807, 2.05) is 25.1 Å². The fraction of sp³-hybridized carbons (Fsp3) is 0.409. The number of para-hydroxylation sites is 1. The lowest BCUT2D eigenvalue weighted by molar-refractivity contribution is -0.274. The summed E-state index contributed by atoms with van der Waals surface area (Å²) in [6, 6.07) is 10.4. The van der Waals surface area contributed by atoms with Crippen molar-refractivity contribution in [2.24, 2.45) is 0 Å². The Morgan fingerprint density at radius 3 is 2.52 bits per heavy atom. The van der Waals surface area contributed by atoms with Crippen molar-refractivity contribution in [1.29, 1.82) is 0 Å². The number of carbonyl (C=O) groups is 1. The molecule has 2 aromatic carbocycles. The number of aliphatic hydroxyl groups is 1. The maximum atomic E-state index is 12.6. The van der Waals surface area contributed by atoms with Crippen LogP contribution in [0.25, 0.3) is 0 Å². The Bertz CT molecular complexity index is 954. The highest BCUT2D eigenvalue weighted by molar-refractivity contribution is 5.89. The van der Waals surface area contributed by atoms with Crippen molar-refractivity contribution >= 4 is 11.7 Å². The monoisotopic (exact) mass is 436 g/mol. The van der Waals surface area contributed by atoms with Crippen molar-refractivity contribution in [3.05, 3.63) is 53.6 Å². The number of hydrogen-bond donors (Lipinski definition) is 2. The van der Waals surface area contributed by atoms with Gasteiger partial charge in [-0.1, -0.05) is 18.2 Å². The van der Waals surface area contributed by atoms with Crippen LogP contribution < -0.4 is 14.8 Å². The van der Waals surface area contributed by atoms with Crippen LogP contribution >= 0.6 is 0 Å². The standard InChI is InChI=1S/C22H23F3N2O4/c1-14-3-2-4-17-18(28)13-21(31-19(14)17)9-11-27(12-10-21)20(29)26-15-5-7-16(8-6-15)30-22(23,24)25/h2-8,18,28H,9-13H2,1H3,(H,26,29). The molecule has 2 aliphatic heterocycles. The number of rotatable bonds is 2. The highest BCUT2D eigenvalue weighted by Gasteiger charge is 2.44. The summed E-state index contributed by atoms with van der Waals surface area (Å²) in [7, 11) is 0. The summed E-state index contributed by atoms with van der Waals surface area (Å²) in [5.74, 6) is 0.370. The van der Waals surface area contributed by atoms with Crippen molar-refractivity contribution in [2.75, 3.05) is 18.4 Å². The molecule has 1 saturated heterocycles. The first kappa shape index (κ1) is 21.3. The minimum atomic E-state index is -4.76. The van der Waals surface area contributed by atoms with Gasteiger partial charge in [-0.3, -0.25) is 0 Å². The van der Waals surface area contributed by atoms with E-state index in [-0.39, 0.29) is 11.8 Å². The lowest BCUT2D eigenvalue weighted by Gasteiger charge is -2.46. The van der Waals surface area contributed by atoms with Gasteiger partial charge in [0.05, 0.1) is 6.10 Å². The quantitative estimate of drug-likeness (QED) is 0.711. The van der Waals surface area contributed by atoms with E-state index in [1.54, 1.807) is 4.90 Å². The third kappa shape index (κ3) is 4.71. The maximum Gasteiger partial charge on any atom is 0.573 e. The van der Waals surface area contributed by atoms with Gasteiger partial charge in [-0.15, -0.1) is 13.2 Å². The summed E-state index contributed by atoms with van der Waals surface area (Å²) in [6.45, 7) is 2.82. The van der Waals surface area contributed by atoms with E-state index in [1.165, 1.54) is 12.1 Å². The largest absolute Gasteiger partial charge is 0.573 e. The number of ether oxygens (including phenoxy) is 2. The highest BCUT2D eigenvalue weighted by Crippen LogP contribution is 2.45. The molecule has 1 unspecified atom stereocenters. The predicted molar refractivity (Wildman–Crippen MR) is 107 cm³/mol. The van der Waals surface area contributed by atoms with E-state index in [9.17, 15) is 23.1 Å². The molecule has 2 aromatic rings. The number of hydrogen-bond acceptors (Lipinski definition) is 4. The van der Waals surface area contributed by atoms with Crippen molar-refractivity contribution in [3.8, 4) is 11.5 Å². The van der Waals surface area contributed by atoms with Gasteiger partial charge in [-0.2, -0.15) is 0 Å². The Kier molecular flexibility index (Phi) is 5.47. The number of nitrogens with zero attached hydrogens (tertiary/aromatic N) is 1. The van der Waals surface area contributed by atoms with Crippen molar-refractivity contribution in [3.63, 3.8) is 0 Å². The third-order valence-electron chi connectivity index (χ3n) is 5.79. The average molecular weight is 436 g/mol. The highest BCUT2D eigenvalue weighted by atomic mass is 19.4. The zero-order valence-corrected chi connectivity index (χ0v) is 16.9. The van der Waals surface area contributed by atoms with Gasteiger partial charge in [-0.25, -0.2) is 4.79 Å². The SMILES string of the molecule is Cc1cccc2c1OC1(CCN(C(=O)Nc3ccc(OC(F)(F)F)cc3)CC1)CC2O. The van der Waals surface area contributed by atoms with E-state index in [4.69, 9.17) is 4.74 Å². The number of anilines is 1. The zero-order chi connectivity index (χ0) is 22.2. The average Bonchev–Trinajstić information content (AvgIpc) is 2.70. The van der Waals surface area contributed by atoms with Crippen LogP contribution in [-0.4, -0.2) is 41.1 Å². The molecule has 2 aliphatic rings. The van der Waals surface area contributed by atoms with Crippen molar-refractivity contribution < 1.29 is 32.5 Å². The molecule has 2 amide bonds. The molecule has 31 heavy (non-hydrogen) atoms. The fourth-order valence-corrected chi connectivity index (χ4v) is 4.16. The Labute approximate surface area is 177 Å². The fourth-order valence-electron chi connectivity index (χ4n) is 4.16. The number of nitrogens with one attached hydrogen (secondary N) is 1. The summed E-state index contributed by atoms with van der Waals surface area (Å²) in [6.07, 6.45) is -3.75. The molecule has 0 saturated carbocycles. The van der Waals surface area contributed by atoms with E-state index in [2.05, 4.69) is 10.1 Å². The Hall–Kier alpha value is -2.94. The molecular formula is C22H23F3N2O4. The van der Waals surface area contributed by atoms with Crippen LogP contribution in [-0.2, 0) is 0 Å². The summed E-state index contributed by atoms with van der Waals surface area (Å²) in [5.41, 5.74) is 1.61. The molecule has 6 nitrogen and oxygen atoms in total. The number of amides is 2. The van der Waals surface area contributed by atoms with Gasteiger partial charge < -0.3 is 24.8 Å². The molecule has 9 heteroatoms. The summed E-state index contributed by atoms with van der Waals surface area (Å²) >= 11 is 0. The second-order valence-electron chi connectivity index (χ2n) is 7.99. The molecule has 2 heterocycles. The van der Waals surface area contributed by atoms with Crippen LogP contribution in [0, 0.1) is 6.92 Å². The van der Waals surface area contributed by atoms with E-state index in [0.29, 0.717) is 38.0 Å². The number of aliphatic hydroxyl groups excluding tert-OH is 1. The number of piperidine rings is 1. The number of likely N-dealkylation sites (tertiary alicyclic amines) is 1. The first-order valence-electron chi connectivity index (χ1n) is 10.0. The topological polar surface area (TPSA) is 71.0 Å². The van der Waals surface area contributed by atoms with E-state index < -0.39 is 18.1 Å². The van der Waals surface area contributed by atoms with Gasteiger partial charge in [0, 0.05) is 43.6 Å². The van der Waals surface area contributed by atoms with Crippen LogP contribution in [0.4, 0.5) is 23.7 Å². The van der Waals surface area contributed by atoms with E-state index >= 15 is 0 Å². The molecule has 0 aromatic heterocycles. The molecule has 0 radical (unpaired) electrons. The first-order chi connectivity index (χ1) is 14.6. The summed E-state index contributed by atoms with van der Waals surface area (Å²) in [4.78, 5) is 14.2. The molecule has 0 bridgehead atoms. The second-order valence-corrected chi connectivity index (χ2v) is 7.99. The second kappa shape index (κ2) is 7.96. The molecule has 1 spiro atoms. The predicted octanol–water partition coefficient (Wildman–Crippen LogP) is 4.78. The maximum absolute atomic E-state index is 12.6. The normalized spacial score (nSPS) is 20.0. The number of benzene rings is 2. The Balaban J connectivity index is 1.36. The molecule has 4 rings (SSSR count). The van der Waals surface area contributed by atoms with Crippen LogP contribution in [0.5, 0.6) is 11.5 Å². The van der Waals surface area contributed by atoms with Gasteiger partial charge in [0.1, 0.15) is 17.1 Å². The minimum Gasteiger partial charge on any atom is -0.486 e. The third-order valence-corrected chi connectivity index (χ3v) is 5.79. The van der Waals surface area contributed by atoms with Crippen LogP contribution in [0.3, 0.4) is 0 Å². The van der Waals surface area contributed by atoms with E-state index in [0.717, 1.165) is 29.0 Å². The van der Waals surface area contributed by atoms with Crippen molar-refractivity contribution in [2.45, 2.75) is 44.3 Å². The molecular weight excluding hydrogens is 413 g/mol. The molecule has 1 fully saturated rings. The van der Waals surface area contributed by atoms with Crippen molar-refractivity contribution in [1.82, 2.24) is 4.90 Å². The number of carbonyl (C=O) groups excluding carboxylic acids is 1. The van der Waals surface area contributed by atoms with Gasteiger partial charge >= 0.3 is 12.4 Å². The summed E-state index contributed by atoms with van der Waals surface area (Å²) < 4.78 is 46.9. The number of halogens is 3. The van der Waals surface area contributed by atoms with Gasteiger partial charge in [-0.05, 0) is 36.8 Å². The molecule has 0 aliphatic carbocycles. The Morgan fingerprint density at radius 1 is 1.19 bits per heavy atom. The smallest absolute Gasteiger partial charge is 0.486 e. The Morgan fingerprint density at radius 2 is 1.87 bits per heavy atom. The summed E-state index contributed by atoms with van der Waals surface area (Å²) in [5, 5.41) is 13.3. The first-order valence-corrected chi connectivity index (χ1v) is 10.0. The van der Waals surface area contributed by atoms with Crippen LogP contribution in [0.1, 0.15) is 36.5 Å². The molecule has 2 N–H and O–H groups in total. The number of fused-ring (bicyclic) bond motifs is 1. The van der Waals surface area contributed by atoms with Gasteiger partial charge in [0.25, 0.3) is 0 Å². The molecule has 1 atom stereocenters. The van der Waals surface area contributed by atoms with Crippen LogP contribution in [0.15, 0.2) is 42.5 Å². The number of aryl methyl sites for hydroxylation is 1. The van der Waals surface area contributed by atoms with Crippen LogP contribution in [0.2, 0.25) is 0 Å². The van der Waals surface area contributed by atoms with Gasteiger partial charge in [0.15, 0.2) is 0 Å². The van der Waals surface area contributed by atoms with Gasteiger partial charge in [0.2, 0.25) is 0 Å². The lowest BCUT2D eigenvalue weighted by atomic mass is 9.81. The number of urea groups is 1.